The molecule has 7 nitrogen and oxygen atoms in total. The van der Waals surface area contributed by atoms with Crippen molar-refractivity contribution in [3.8, 4) is 5.69 Å². The molecule has 1 atom stereocenters. The van der Waals surface area contributed by atoms with E-state index in [0.29, 0.717) is 34.5 Å². The lowest BCUT2D eigenvalue weighted by molar-refractivity contribution is 0.579. The van der Waals surface area contributed by atoms with Crippen molar-refractivity contribution < 1.29 is 13.2 Å². The van der Waals surface area contributed by atoms with Crippen molar-refractivity contribution in [1.82, 2.24) is 24.5 Å². The average molecular weight is 450 g/mol. The number of halogens is 3. The Balaban J connectivity index is 1.75. The van der Waals surface area contributed by atoms with Crippen LogP contribution in [-0.4, -0.2) is 24.5 Å². The fraction of sp³-hybridized carbons (Fsp3) is 0.130. The Hall–Kier alpha value is -4.21. The molecule has 3 aromatic heterocycles. The second-order valence-electron chi connectivity index (χ2n) is 7.50. The van der Waals surface area contributed by atoms with Crippen molar-refractivity contribution in [3.05, 3.63) is 88.6 Å². The van der Waals surface area contributed by atoms with Crippen molar-refractivity contribution in [2.75, 3.05) is 5.32 Å². The minimum absolute atomic E-state index is 0.00622. The van der Waals surface area contributed by atoms with Crippen LogP contribution in [0.15, 0.2) is 59.9 Å². The molecule has 1 unspecified atom stereocenters. The molecule has 5 aromatic rings. The Bertz CT molecular complexity index is 1540. The van der Waals surface area contributed by atoms with Crippen molar-refractivity contribution in [2.24, 2.45) is 0 Å². The number of H-pyrrole nitrogens is 1. The van der Waals surface area contributed by atoms with Crippen LogP contribution in [0.5, 0.6) is 0 Å². The molecule has 0 spiro atoms. The summed E-state index contributed by atoms with van der Waals surface area (Å²) < 4.78 is 43.2. The van der Waals surface area contributed by atoms with E-state index >= 15 is 0 Å². The molecule has 0 fully saturated rings. The zero-order chi connectivity index (χ0) is 23.1. The summed E-state index contributed by atoms with van der Waals surface area (Å²) in [7, 11) is 0. The first-order valence-corrected chi connectivity index (χ1v) is 10.2. The van der Waals surface area contributed by atoms with Gasteiger partial charge < -0.3 is 10.3 Å². The van der Waals surface area contributed by atoms with Crippen LogP contribution in [0.1, 0.15) is 25.1 Å². The molecule has 0 saturated heterocycles. The van der Waals surface area contributed by atoms with Gasteiger partial charge in [-0.1, -0.05) is 13.0 Å². The first-order chi connectivity index (χ1) is 15.9. The molecule has 0 bridgehead atoms. The monoisotopic (exact) mass is 450 g/mol. The predicted molar refractivity (Wildman–Crippen MR) is 118 cm³/mol. The third kappa shape index (κ3) is 3.69. The molecule has 33 heavy (non-hydrogen) atoms. The van der Waals surface area contributed by atoms with Gasteiger partial charge in [0.05, 0.1) is 23.4 Å². The molecular weight excluding hydrogens is 433 g/mol. The number of nitrogens with zero attached hydrogens (tertiary/aromatic N) is 4. The van der Waals surface area contributed by atoms with E-state index < -0.39 is 29.1 Å². The number of imidazole rings is 1. The van der Waals surface area contributed by atoms with Gasteiger partial charge in [-0.05, 0) is 42.1 Å². The van der Waals surface area contributed by atoms with Crippen LogP contribution in [0.3, 0.4) is 0 Å². The van der Waals surface area contributed by atoms with Crippen molar-refractivity contribution in [3.63, 3.8) is 0 Å². The molecule has 166 valence electrons. The summed E-state index contributed by atoms with van der Waals surface area (Å²) >= 11 is 0. The molecule has 0 aliphatic heterocycles. The number of nitrogens with one attached hydrogen (secondary N) is 2. The fourth-order valence-electron chi connectivity index (χ4n) is 3.92. The molecule has 0 amide bonds. The van der Waals surface area contributed by atoms with Crippen LogP contribution < -0.4 is 10.9 Å². The molecule has 0 aliphatic rings. The van der Waals surface area contributed by atoms with Crippen molar-refractivity contribution >= 4 is 27.8 Å². The Morgan fingerprint density at radius 2 is 1.79 bits per heavy atom. The maximum absolute atomic E-state index is 14.1. The predicted octanol–water partition coefficient (Wildman–Crippen LogP) is 4.64. The van der Waals surface area contributed by atoms with Gasteiger partial charge in [0.15, 0.2) is 11.5 Å². The molecule has 10 heteroatoms. The summed E-state index contributed by atoms with van der Waals surface area (Å²) in [5.41, 5.74) is 0.859. The van der Waals surface area contributed by atoms with Gasteiger partial charge in [-0.3, -0.25) is 9.36 Å². The van der Waals surface area contributed by atoms with Crippen LogP contribution in [0.4, 0.5) is 19.0 Å². The zero-order valence-electron chi connectivity index (χ0n) is 17.3. The largest absolute Gasteiger partial charge is 0.360 e. The highest BCUT2D eigenvalue weighted by Crippen LogP contribution is 2.28. The maximum atomic E-state index is 14.1. The Labute approximate surface area is 185 Å². The SMILES string of the molecule is CCC(Nc1ncnc2nc[nH]c12)c1cc2ccc(F)cc2c(=O)n1-c1cc(F)cc(F)c1. The highest BCUT2D eigenvalue weighted by atomic mass is 19.1. The highest BCUT2D eigenvalue weighted by Gasteiger charge is 2.21. The first kappa shape index (κ1) is 20.7. The highest BCUT2D eigenvalue weighted by molar-refractivity contribution is 5.84. The summed E-state index contributed by atoms with van der Waals surface area (Å²) in [5.74, 6) is -1.80. The van der Waals surface area contributed by atoms with Gasteiger partial charge in [0.1, 0.15) is 29.3 Å². The summed E-state index contributed by atoms with van der Waals surface area (Å²) in [5, 5.41) is 3.87. The normalized spacial score (nSPS) is 12.4. The van der Waals surface area contributed by atoms with Gasteiger partial charge in [-0.2, -0.15) is 0 Å². The molecule has 2 N–H and O–H groups in total. The number of benzene rings is 2. The molecule has 5 rings (SSSR count). The van der Waals surface area contributed by atoms with Gasteiger partial charge in [0.2, 0.25) is 0 Å². The van der Waals surface area contributed by atoms with Crippen LogP contribution >= 0.6 is 0 Å². The number of hydrogen-bond donors (Lipinski definition) is 2. The lowest BCUT2D eigenvalue weighted by atomic mass is 10.0. The number of anilines is 1. The molecule has 0 radical (unpaired) electrons. The summed E-state index contributed by atoms with van der Waals surface area (Å²) in [6, 6.07) is 7.90. The molecule has 3 heterocycles. The maximum Gasteiger partial charge on any atom is 0.263 e. The van der Waals surface area contributed by atoms with Crippen LogP contribution in [0.25, 0.3) is 27.6 Å². The van der Waals surface area contributed by atoms with E-state index in [1.165, 1.54) is 29.4 Å². The first-order valence-electron chi connectivity index (χ1n) is 10.2. The molecule has 0 saturated carbocycles. The minimum Gasteiger partial charge on any atom is -0.360 e. The Morgan fingerprint density at radius 3 is 2.55 bits per heavy atom. The Kier molecular flexibility index (Phi) is 5.04. The second-order valence-corrected chi connectivity index (χ2v) is 7.50. The lowest BCUT2D eigenvalue weighted by Crippen LogP contribution is -2.27. The van der Waals surface area contributed by atoms with E-state index in [4.69, 9.17) is 0 Å². The van der Waals surface area contributed by atoms with Gasteiger partial charge in [-0.15, -0.1) is 0 Å². The number of fused-ring (bicyclic) bond motifs is 2. The van der Waals surface area contributed by atoms with Crippen LogP contribution in [0.2, 0.25) is 0 Å². The fourth-order valence-corrected chi connectivity index (χ4v) is 3.92. The number of aromatic nitrogens is 5. The molecule has 2 aromatic carbocycles. The van der Waals surface area contributed by atoms with E-state index in [1.807, 2.05) is 6.92 Å². The van der Waals surface area contributed by atoms with E-state index in [2.05, 4.69) is 25.3 Å². The van der Waals surface area contributed by atoms with Crippen LogP contribution in [0, 0.1) is 17.5 Å². The summed E-state index contributed by atoms with van der Waals surface area (Å²) in [6.07, 6.45) is 3.33. The second kappa shape index (κ2) is 8.05. The van der Waals surface area contributed by atoms with Gasteiger partial charge in [-0.25, -0.2) is 28.1 Å². The lowest BCUT2D eigenvalue weighted by Gasteiger charge is -2.23. The van der Waals surface area contributed by atoms with Crippen molar-refractivity contribution in [1.29, 1.82) is 0 Å². The summed E-state index contributed by atoms with van der Waals surface area (Å²) in [4.78, 5) is 28.9. The third-order valence-electron chi connectivity index (χ3n) is 5.42. The van der Waals surface area contributed by atoms with Gasteiger partial charge in [0.25, 0.3) is 5.56 Å². The van der Waals surface area contributed by atoms with Crippen LogP contribution in [-0.2, 0) is 0 Å². The molecular formula is C23H17F3N6O. The van der Waals surface area contributed by atoms with Gasteiger partial charge >= 0.3 is 0 Å². The summed E-state index contributed by atoms with van der Waals surface area (Å²) in [6.45, 7) is 1.89. The van der Waals surface area contributed by atoms with E-state index in [-0.39, 0.29) is 11.1 Å². The number of hydrogen-bond acceptors (Lipinski definition) is 5. The minimum atomic E-state index is -0.835. The standard InChI is InChI=1S/C23H17F3N6O/c1-2-18(31-22-20-21(28-10-27-20)29-11-30-22)19-5-12-3-4-13(24)9-17(12)23(33)32(19)16-7-14(25)6-15(26)8-16/h3-11,18H,2H2,1H3,(H2,27,28,29,30,31). The molecule has 0 aliphatic carbocycles. The van der Waals surface area contributed by atoms with E-state index in [9.17, 15) is 18.0 Å². The van der Waals surface area contributed by atoms with E-state index in [0.717, 1.165) is 24.3 Å². The zero-order valence-corrected chi connectivity index (χ0v) is 17.3. The Morgan fingerprint density at radius 1 is 1.00 bits per heavy atom. The number of pyridine rings is 1. The smallest absolute Gasteiger partial charge is 0.263 e. The third-order valence-corrected chi connectivity index (χ3v) is 5.42. The number of aromatic amines is 1. The van der Waals surface area contributed by atoms with Gasteiger partial charge in [0, 0.05) is 11.8 Å². The average Bonchev–Trinajstić information content (AvgIpc) is 3.27. The number of rotatable bonds is 5. The quantitative estimate of drug-likeness (QED) is 0.407. The topological polar surface area (TPSA) is 88.5 Å². The van der Waals surface area contributed by atoms with Crippen molar-refractivity contribution in [2.45, 2.75) is 19.4 Å². The van der Waals surface area contributed by atoms with E-state index in [1.54, 1.807) is 6.07 Å².